The Bertz CT molecular complexity index is 692. The van der Waals surface area contributed by atoms with Crippen LogP contribution in [0.1, 0.15) is 17.2 Å². The highest BCUT2D eigenvalue weighted by molar-refractivity contribution is 5.76. The first-order valence-corrected chi connectivity index (χ1v) is 7.71. The Morgan fingerprint density at radius 3 is 1.48 bits per heavy atom. The lowest BCUT2D eigenvalue weighted by atomic mass is 9.98. The summed E-state index contributed by atoms with van der Waals surface area (Å²) in [6.45, 7) is 0. The van der Waals surface area contributed by atoms with Gasteiger partial charge in [-0.1, -0.05) is 60.7 Å². The van der Waals surface area contributed by atoms with E-state index in [0.717, 1.165) is 0 Å². The van der Waals surface area contributed by atoms with E-state index >= 15 is 0 Å². The van der Waals surface area contributed by atoms with Crippen molar-refractivity contribution in [1.82, 2.24) is 0 Å². The number of hydrogen-bond donors (Lipinski definition) is 1. The Hall–Kier alpha value is -2.55. The van der Waals surface area contributed by atoms with Crippen molar-refractivity contribution in [3.8, 4) is 0 Å². The molecule has 0 heterocycles. The molecule has 0 aliphatic carbocycles. The lowest BCUT2D eigenvalue weighted by molar-refractivity contribution is -0.289. The molecule has 0 spiro atoms. The van der Waals surface area contributed by atoms with Crippen LogP contribution in [0.5, 0.6) is 0 Å². The van der Waals surface area contributed by atoms with Crippen LogP contribution in [0.2, 0.25) is 0 Å². The number of hydrogen-bond acceptors (Lipinski definition) is 3. The summed E-state index contributed by atoms with van der Waals surface area (Å²) in [5, 5.41) is 0. The van der Waals surface area contributed by atoms with Crippen molar-refractivity contribution >= 4 is 5.97 Å². The quantitative estimate of drug-likeness (QED) is 0.608. The van der Waals surface area contributed by atoms with E-state index in [1.165, 1.54) is 24.3 Å². The number of esters is 1. The second-order valence-corrected chi connectivity index (χ2v) is 5.72. The predicted molar refractivity (Wildman–Crippen MR) is 84.4 cm³/mol. The van der Waals surface area contributed by atoms with E-state index in [1.807, 2.05) is 0 Å². The van der Waals surface area contributed by atoms with Crippen molar-refractivity contribution in [1.29, 1.82) is 0 Å². The van der Waals surface area contributed by atoms with Crippen LogP contribution < -0.4 is 5.73 Å². The largest absolute Gasteiger partial charge is 0.451 e. The summed E-state index contributed by atoms with van der Waals surface area (Å²) in [5.41, 5.74) is 5.77. The number of ether oxygens (including phenoxy) is 1. The Morgan fingerprint density at radius 2 is 1.15 bits per heavy atom. The summed E-state index contributed by atoms with van der Waals surface area (Å²) in [7, 11) is 0. The molecule has 0 radical (unpaired) electrons. The molecular formula is C18H15F6NO2. The van der Waals surface area contributed by atoms with E-state index in [9.17, 15) is 31.1 Å². The monoisotopic (exact) mass is 391 g/mol. The minimum absolute atomic E-state index is 0.375. The fraction of sp³-hybridized carbons (Fsp3) is 0.278. The van der Waals surface area contributed by atoms with Gasteiger partial charge in [-0.15, -0.1) is 0 Å². The van der Waals surface area contributed by atoms with Gasteiger partial charge in [0.05, 0.1) is 0 Å². The minimum atomic E-state index is -5.74. The second kappa shape index (κ2) is 7.99. The first-order chi connectivity index (χ1) is 12.5. The van der Waals surface area contributed by atoms with Crippen LogP contribution in [0.25, 0.3) is 0 Å². The molecule has 0 saturated heterocycles. The van der Waals surface area contributed by atoms with E-state index < -0.39 is 36.4 Å². The maximum Gasteiger partial charge on any atom is 0.402 e. The molecule has 9 heteroatoms. The fourth-order valence-corrected chi connectivity index (χ4v) is 2.51. The van der Waals surface area contributed by atoms with Crippen LogP contribution in [0.4, 0.5) is 26.3 Å². The molecular weight excluding hydrogens is 376 g/mol. The molecule has 0 saturated carbocycles. The molecule has 0 fully saturated rings. The molecule has 3 nitrogen and oxygen atoms in total. The SMILES string of the molecule is NC(C(=O)OC(c1ccccc1)c1ccccc1)C(C(F)(F)F)C(F)(F)F. The summed E-state index contributed by atoms with van der Waals surface area (Å²) < 4.78 is 81.8. The van der Waals surface area contributed by atoms with Crippen molar-refractivity contribution in [2.24, 2.45) is 11.7 Å². The average molecular weight is 391 g/mol. The third-order valence-electron chi connectivity index (χ3n) is 3.78. The Morgan fingerprint density at radius 1 is 0.778 bits per heavy atom. The topological polar surface area (TPSA) is 52.3 Å². The number of alkyl halides is 6. The molecule has 0 aromatic heterocycles. The molecule has 0 bridgehead atoms. The molecule has 146 valence electrons. The number of rotatable bonds is 5. The van der Waals surface area contributed by atoms with Gasteiger partial charge >= 0.3 is 18.3 Å². The van der Waals surface area contributed by atoms with E-state index in [4.69, 9.17) is 10.5 Å². The summed E-state index contributed by atoms with van der Waals surface area (Å²) in [6, 6.07) is 12.8. The maximum atomic E-state index is 12.8. The van der Waals surface area contributed by atoms with Gasteiger partial charge in [0.2, 0.25) is 0 Å². The average Bonchev–Trinajstić information content (AvgIpc) is 2.58. The van der Waals surface area contributed by atoms with E-state index in [-0.39, 0.29) is 0 Å². The van der Waals surface area contributed by atoms with Crippen LogP contribution in [-0.4, -0.2) is 24.4 Å². The van der Waals surface area contributed by atoms with Gasteiger partial charge in [0, 0.05) is 0 Å². The lowest BCUT2D eigenvalue weighted by Crippen LogP contribution is -2.53. The summed E-state index contributed by atoms with van der Waals surface area (Å²) in [4.78, 5) is 12.1. The maximum absolute atomic E-state index is 12.8. The number of benzene rings is 2. The minimum Gasteiger partial charge on any atom is -0.451 e. The first-order valence-electron chi connectivity index (χ1n) is 7.71. The number of carbonyl (C=O) groups excluding carboxylic acids is 1. The van der Waals surface area contributed by atoms with Gasteiger partial charge in [-0.05, 0) is 11.1 Å². The zero-order valence-corrected chi connectivity index (χ0v) is 13.7. The smallest absolute Gasteiger partial charge is 0.402 e. The molecule has 1 atom stereocenters. The molecule has 1 unspecified atom stereocenters. The molecule has 0 aliphatic heterocycles. The van der Waals surface area contributed by atoms with Crippen LogP contribution >= 0.6 is 0 Å². The van der Waals surface area contributed by atoms with Crippen molar-refractivity contribution < 1.29 is 35.9 Å². The van der Waals surface area contributed by atoms with E-state index in [0.29, 0.717) is 11.1 Å². The third-order valence-corrected chi connectivity index (χ3v) is 3.78. The van der Waals surface area contributed by atoms with Gasteiger partial charge in [0.25, 0.3) is 0 Å². The molecule has 0 amide bonds. The zero-order valence-electron chi connectivity index (χ0n) is 13.7. The van der Waals surface area contributed by atoms with E-state index in [1.54, 1.807) is 36.4 Å². The molecule has 2 N–H and O–H groups in total. The van der Waals surface area contributed by atoms with Gasteiger partial charge in [-0.3, -0.25) is 4.79 Å². The number of nitrogens with two attached hydrogens (primary N) is 1. The van der Waals surface area contributed by atoms with Gasteiger partial charge < -0.3 is 10.5 Å². The lowest BCUT2D eigenvalue weighted by Gasteiger charge is -2.28. The van der Waals surface area contributed by atoms with Gasteiger partial charge in [-0.25, -0.2) is 0 Å². The Kier molecular flexibility index (Phi) is 6.15. The molecule has 2 aromatic carbocycles. The van der Waals surface area contributed by atoms with Crippen LogP contribution in [-0.2, 0) is 9.53 Å². The van der Waals surface area contributed by atoms with Crippen LogP contribution in [0.3, 0.4) is 0 Å². The van der Waals surface area contributed by atoms with Crippen molar-refractivity contribution in [2.45, 2.75) is 24.5 Å². The highest BCUT2D eigenvalue weighted by Crippen LogP contribution is 2.41. The second-order valence-electron chi connectivity index (χ2n) is 5.72. The van der Waals surface area contributed by atoms with Gasteiger partial charge in [0.1, 0.15) is 6.04 Å². The molecule has 2 aromatic rings. The first kappa shape index (κ1) is 20.8. The van der Waals surface area contributed by atoms with Gasteiger partial charge in [-0.2, -0.15) is 26.3 Å². The van der Waals surface area contributed by atoms with Crippen molar-refractivity contribution in [3.05, 3.63) is 71.8 Å². The standard InChI is InChI=1S/C18H15F6NO2/c19-17(20,21)15(18(22,23)24)13(25)16(26)27-14(11-7-3-1-4-8-11)12-9-5-2-6-10-12/h1-10,13-15H,25H2. The normalized spacial score (nSPS) is 13.7. The van der Waals surface area contributed by atoms with Crippen molar-refractivity contribution in [2.75, 3.05) is 0 Å². The van der Waals surface area contributed by atoms with Crippen LogP contribution in [0.15, 0.2) is 60.7 Å². The Balaban J connectivity index is 2.33. The Labute approximate surface area is 150 Å². The molecule has 2 rings (SSSR count). The zero-order chi connectivity index (χ0) is 20.2. The predicted octanol–water partition coefficient (Wildman–Crippen LogP) is 4.39. The molecule has 0 aliphatic rings. The number of halogens is 6. The summed E-state index contributed by atoms with van der Waals surface area (Å²) >= 11 is 0. The number of carbonyl (C=O) groups is 1. The highest BCUT2D eigenvalue weighted by atomic mass is 19.4. The molecule has 27 heavy (non-hydrogen) atoms. The highest BCUT2D eigenvalue weighted by Gasteiger charge is 2.61. The van der Waals surface area contributed by atoms with E-state index in [2.05, 4.69) is 0 Å². The van der Waals surface area contributed by atoms with Crippen LogP contribution in [0, 0.1) is 5.92 Å². The summed E-state index contributed by atoms with van der Waals surface area (Å²) in [6.07, 6.45) is -12.7. The van der Waals surface area contributed by atoms with Gasteiger partial charge in [0.15, 0.2) is 12.0 Å². The van der Waals surface area contributed by atoms with Crippen molar-refractivity contribution in [3.63, 3.8) is 0 Å². The summed E-state index contributed by atoms with van der Waals surface area (Å²) in [5.74, 6) is -5.82. The third kappa shape index (κ3) is 5.22. The fourth-order valence-electron chi connectivity index (χ4n) is 2.51.